The van der Waals surface area contributed by atoms with Crippen LogP contribution in [0.2, 0.25) is 0 Å². The van der Waals surface area contributed by atoms with Gasteiger partial charge in [-0.1, -0.05) is 32.5 Å². The molecule has 2 aromatic rings. The molecule has 0 aliphatic carbocycles. The summed E-state index contributed by atoms with van der Waals surface area (Å²) in [6.45, 7) is 9.31. The highest BCUT2D eigenvalue weighted by Gasteiger charge is 2.18. The molecule has 17 heavy (non-hydrogen) atoms. The summed E-state index contributed by atoms with van der Waals surface area (Å²) in [5.74, 6) is 0.638. The maximum absolute atomic E-state index is 4.52. The van der Waals surface area contributed by atoms with Crippen LogP contribution in [0.4, 0.5) is 5.95 Å². The predicted molar refractivity (Wildman–Crippen MR) is 71.5 cm³/mol. The van der Waals surface area contributed by atoms with Crippen LogP contribution in [-0.4, -0.2) is 31.2 Å². The standard InChI is InChI=1S/C11H17N5S/c1-5-12-10-15-8-7(13-6-14-8)9(16-10)17-11(2,3)4/h6H,5H2,1-4H3,(H2,12,13,14,15,16). The molecule has 2 N–H and O–H groups in total. The Labute approximate surface area is 105 Å². The number of anilines is 1. The zero-order valence-corrected chi connectivity index (χ0v) is 11.4. The van der Waals surface area contributed by atoms with Crippen molar-refractivity contribution >= 4 is 28.9 Å². The number of hydrogen-bond acceptors (Lipinski definition) is 5. The van der Waals surface area contributed by atoms with Gasteiger partial charge in [0.2, 0.25) is 5.95 Å². The Morgan fingerprint density at radius 3 is 2.76 bits per heavy atom. The smallest absolute Gasteiger partial charge is 0.225 e. The number of aromatic amines is 1. The summed E-state index contributed by atoms with van der Waals surface area (Å²) in [4.78, 5) is 16.1. The summed E-state index contributed by atoms with van der Waals surface area (Å²) < 4.78 is 0.107. The zero-order chi connectivity index (χ0) is 12.5. The molecule has 0 atom stereocenters. The van der Waals surface area contributed by atoms with Crippen molar-refractivity contribution in [1.29, 1.82) is 0 Å². The van der Waals surface area contributed by atoms with Crippen molar-refractivity contribution in [3.63, 3.8) is 0 Å². The van der Waals surface area contributed by atoms with E-state index in [0.717, 1.165) is 17.1 Å². The van der Waals surface area contributed by atoms with E-state index >= 15 is 0 Å². The average molecular weight is 251 g/mol. The molecule has 92 valence electrons. The fourth-order valence-electron chi connectivity index (χ4n) is 1.41. The number of aromatic nitrogens is 4. The first kappa shape index (κ1) is 12.2. The first-order valence-corrected chi connectivity index (χ1v) is 6.45. The molecule has 2 heterocycles. The van der Waals surface area contributed by atoms with Gasteiger partial charge in [0.1, 0.15) is 10.5 Å². The number of nitrogens with one attached hydrogen (secondary N) is 2. The van der Waals surface area contributed by atoms with Gasteiger partial charge in [-0.05, 0) is 6.92 Å². The van der Waals surface area contributed by atoms with Crippen LogP contribution < -0.4 is 5.32 Å². The second-order valence-electron chi connectivity index (χ2n) is 4.70. The highest BCUT2D eigenvalue weighted by atomic mass is 32.2. The highest BCUT2D eigenvalue weighted by Crippen LogP contribution is 2.34. The number of H-pyrrole nitrogens is 1. The summed E-state index contributed by atoms with van der Waals surface area (Å²) in [6, 6.07) is 0. The fourth-order valence-corrected chi connectivity index (χ4v) is 2.37. The van der Waals surface area contributed by atoms with Crippen LogP contribution >= 0.6 is 11.8 Å². The third-order valence-corrected chi connectivity index (χ3v) is 3.09. The van der Waals surface area contributed by atoms with Crippen molar-refractivity contribution in [3.05, 3.63) is 6.33 Å². The van der Waals surface area contributed by atoms with E-state index in [9.17, 15) is 0 Å². The lowest BCUT2D eigenvalue weighted by Crippen LogP contribution is -2.09. The second-order valence-corrected chi connectivity index (χ2v) is 6.51. The van der Waals surface area contributed by atoms with Gasteiger partial charge in [0.25, 0.3) is 0 Å². The average Bonchev–Trinajstić information content (AvgIpc) is 2.63. The molecular weight excluding hydrogens is 234 g/mol. The lowest BCUT2D eigenvalue weighted by Gasteiger charge is -2.17. The van der Waals surface area contributed by atoms with Crippen molar-refractivity contribution in [3.8, 4) is 0 Å². The van der Waals surface area contributed by atoms with E-state index in [1.807, 2.05) is 6.92 Å². The molecule has 0 unspecified atom stereocenters. The van der Waals surface area contributed by atoms with Gasteiger partial charge in [0.15, 0.2) is 5.65 Å². The van der Waals surface area contributed by atoms with Crippen LogP contribution in [-0.2, 0) is 0 Å². The van der Waals surface area contributed by atoms with E-state index in [1.54, 1.807) is 18.1 Å². The molecule has 0 aromatic carbocycles. The Morgan fingerprint density at radius 2 is 2.12 bits per heavy atom. The molecule has 0 bridgehead atoms. The molecule has 0 saturated carbocycles. The van der Waals surface area contributed by atoms with Crippen LogP contribution in [0.15, 0.2) is 11.4 Å². The van der Waals surface area contributed by atoms with Crippen molar-refractivity contribution in [1.82, 2.24) is 19.9 Å². The van der Waals surface area contributed by atoms with Crippen LogP contribution in [0.25, 0.3) is 11.2 Å². The minimum Gasteiger partial charge on any atom is -0.354 e. The Balaban J connectivity index is 2.47. The quantitative estimate of drug-likeness (QED) is 0.648. The first-order valence-electron chi connectivity index (χ1n) is 5.63. The van der Waals surface area contributed by atoms with E-state index in [0.29, 0.717) is 11.6 Å². The number of fused-ring (bicyclic) bond motifs is 1. The van der Waals surface area contributed by atoms with Gasteiger partial charge in [0.05, 0.1) is 6.33 Å². The van der Waals surface area contributed by atoms with Gasteiger partial charge < -0.3 is 10.3 Å². The van der Waals surface area contributed by atoms with Crippen LogP contribution in [0.1, 0.15) is 27.7 Å². The fraction of sp³-hybridized carbons (Fsp3) is 0.545. The monoisotopic (exact) mass is 251 g/mol. The van der Waals surface area contributed by atoms with E-state index in [4.69, 9.17) is 0 Å². The van der Waals surface area contributed by atoms with E-state index in [1.165, 1.54) is 0 Å². The lowest BCUT2D eigenvalue weighted by atomic mass is 10.3. The Morgan fingerprint density at radius 1 is 1.35 bits per heavy atom. The van der Waals surface area contributed by atoms with Gasteiger partial charge in [-0.3, -0.25) is 0 Å². The molecule has 2 rings (SSSR count). The van der Waals surface area contributed by atoms with E-state index in [-0.39, 0.29) is 4.75 Å². The topological polar surface area (TPSA) is 66.5 Å². The van der Waals surface area contributed by atoms with Crippen molar-refractivity contribution in [2.24, 2.45) is 0 Å². The third-order valence-electron chi connectivity index (χ3n) is 1.99. The van der Waals surface area contributed by atoms with Crippen molar-refractivity contribution in [2.45, 2.75) is 37.5 Å². The zero-order valence-electron chi connectivity index (χ0n) is 10.5. The number of thioether (sulfide) groups is 1. The summed E-state index contributed by atoms with van der Waals surface area (Å²) >= 11 is 1.71. The van der Waals surface area contributed by atoms with Crippen LogP contribution in [0.5, 0.6) is 0 Å². The number of hydrogen-bond donors (Lipinski definition) is 2. The van der Waals surface area contributed by atoms with Gasteiger partial charge >= 0.3 is 0 Å². The van der Waals surface area contributed by atoms with E-state index < -0.39 is 0 Å². The Hall–Kier alpha value is -1.30. The molecule has 0 spiro atoms. The summed E-state index contributed by atoms with van der Waals surface area (Å²) in [6.07, 6.45) is 1.65. The summed E-state index contributed by atoms with van der Waals surface area (Å²) in [5.41, 5.74) is 1.62. The first-order chi connectivity index (χ1) is 7.99. The van der Waals surface area contributed by atoms with Gasteiger partial charge in [-0.15, -0.1) is 0 Å². The molecule has 2 aromatic heterocycles. The van der Waals surface area contributed by atoms with Gasteiger partial charge in [-0.2, -0.15) is 4.98 Å². The van der Waals surface area contributed by atoms with Crippen molar-refractivity contribution < 1.29 is 0 Å². The minimum atomic E-state index is 0.107. The molecule has 0 aliphatic rings. The maximum Gasteiger partial charge on any atom is 0.225 e. The Kier molecular flexibility index (Phi) is 3.24. The molecule has 0 saturated heterocycles. The van der Waals surface area contributed by atoms with Crippen LogP contribution in [0, 0.1) is 0 Å². The maximum atomic E-state index is 4.52. The Bertz CT molecular complexity index is 514. The van der Waals surface area contributed by atoms with Gasteiger partial charge in [-0.25, -0.2) is 9.97 Å². The molecule has 0 radical (unpaired) electrons. The number of imidazole rings is 1. The normalized spacial score (nSPS) is 12.0. The molecule has 0 amide bonds. The molecule has 6 heteroatoms. The van der Waals surface area contributed by atoms with Gasteiger partial charge in [0, 0.05) is 11.3 Å². The summed E-state index contributed by atoms with van der Waals surface area (Å²) in [5, 5.41) is 4.07. The number of nitrogens with zero attached hydrogens (tertiary/aromatic N) is 3. The molecule has 5 nitrogen and oxygen atoms in total. The lowest BCUT2D eigenvalue weighted by molar-refractivity contribution is 0.799. The predicted octanol–water partition coefficient (Wildman–Crippen LogP) is 2.68. The SMILES string of the molecule is CCNc1nc(SC(C)(C)C)c2[nH]cnc2n1. The molecular formula is C11H17N5S. The number of rotatable bonds is 3. The minimum absolute atomic E-state index is 0.107. The van der Waals surface area contributed by atoms with E-state index in [2.05, 4.69) is 46.0 Å². The largest absolute Gasteiger partial charge is 0.354 e. The highest BCUT2D eigenvalue weighted by molar-refractivity contribution is 8.00. The second kappa shape index (κ2) is 4.52. The third kappa shape index (κ3) is 2.88. The van der Waals surface area contributed by atoms with Crippen LogP contribution in [0.3, 0.4) is 0 Å². The van der Waals surface area contributed by atoms with Crippen molar-refractivity contribution in [2.75, 3.05) is 11.9 Å². The molecule has 0 fully saturated rings. The molecule has 0 aliphatic heterocycles. The summed E-state index contributed by atoms with van der Waals surface area (Å²) in [7, 11) is 0.